The Bertz CT molecular complexity index is 811. The number of aromatic nitrogens is 1. The molecule has 25 heavy (non-hydrogen) atoms. The SMILES string of the molecule is O=C1C(c2cccs2)=C(N2CCOCC2)C(=O)N1Cc1ccncc1. The lowest BCUT2D eigenvalue weighted by Gasteiger charge is -2.29. The van der Waals surface area contributed by atoms with Crippen LogP contribution in [-0.4, -0.2) is 52.9 Å². The lowest BCUT2D eigenvalue weighted by atomic mass is 10.1. The first-order chi connectivity index (χ1) is 12.3. The summed E-state index contributed by atoms with van der Waals surface area (Å²) in [5.41, 5.74) is 1.89. The lowest BCUT2D eigenvalue weighted by molar-refractivity contribution is -0.138. The van der Waals surface area contributed by atoms with Crippen molar-refractivity contribution in [2.45, 2.75) is 6.54 Å². The molecule has 0 radical (unpaired) electrons. The van der Waals surface area contributed by atoms with E-state index < -0.39 is 0 Å². The lowest BCUT2D eigenvalue weighted by Crippen LogP contribution is -2.40. The van der Waals surface area contributed by atoms with E-state index in [1.165, 1.54) is 16.2 Å². The smallest absolute Gasteiger partial charge is 0.278 e. The van der Waals surface area contributed by atoms with Crippen LogP contribution in [0.3, 0.4) is 0 Å². The number of hydrogen-bond acceptors (Lipinski definition) is 6. The van der Waals surface area contributed by atoms with Crippen LogP contribution in [0.25, 0.3) is 5.57 Å². The molecule has 128 valence electrons. The van der Waals surface area contributed by atoms with Gasteiger partial charge in [-0.15, -0.1) is 11.3 Å². The fourth-order valence-corrected chi connectivity index (χ4v) is 3.86. The Hall–Kier alpha value is -2.51. The minimum atomic E-state index is -0.231. The molecule has 0 aliphatic carbocycles. The van der Waals surface area contributed by atoms with Gasteiger partial charge in [0.05, 0.1) is 25.3 Å². The van der Waals surface area contributed by atoms with Crippen molar-refractivity contribution in [3.05, 3.63) is 58.2 Å². The van der Waals surface area contributed by atoms with Gasteiger partial charge in [-0.2, -0.15) is 0 Å². The second-order valence-corrected chi connectivity index (χ2v) is 6.80. The summed E-state index contributed by atoms with van der Waals surface area (Å²) in [6.45, 7) is 2.61. The molecular formula is C18H17N3O3S. The zero-order valence-corrected chi connectivity index (χ0v) is 14.4. The van der Waals surface area contributed by atoms with E-state index in [1.807, 2.05) is 34.5 Å². The first kappa shape index (κ1) is 16.0. The summed E-state index contributed by atoms with van der Waals surface area (Å²) in [6.07, 6.45) is 3.33. The third kappa shape index (κ3) is 2.96. The number of nitrogens with zero attached hydrogens (tertiary/aromatic N) is 3. The number of imide groups is 1. The Labute approximate surface area is 149 Å². The van der Waals surface area contributed by atoms with Crippen LogP contribution in [0.2, 0.25) is 0 Å². The van der Waals surface area contributed by atoms with Crippen LogP contribution in [0.1, 0.15) is 10.4 Å². The molecule has 0 bridgehead atoms. The van der Waals surface area contributed by atoms with Crippen LogP contribution in [0.15, 0.2) is 47.7 Å². The van der Waals surface area contributed by atoms with Crippen molar-refractivity contribution in [1.29, 1.82) is 0 Å². The molecule has 0 N–H and O–H groups in total. The van der Waals surface area contributed by atoms with Crippen LogP contribution in [-0.2, 0) is 20.9 Å². The van der Waals surface area contributed by atoms with Crippen LogP contribution in [0, 0.1) is 0 Å². The number of carbonyl (C=O) groups excluding carboxylic acids is 2. The Kier molecular flexibility index (Phi) is 4.33. The molecule has 4 rings (SSSR count). The van der Waals surface area contributed by atoms with E-state index in [4.69, 9.17) is 4.74 Å². The maximum absolute atomic E-state index is 13.1. The van der Waals surface area contributed by atoms with Gasteiger partial charge in [0.15, 0.2) is 0 Å². The highest BCUT2D eigenvalue weighted by atomic mass is 32.1. The van der Waals surface area contributed by atoms with Gasteiger partial charge in [0.1, 0.15) is 5.70 Å². The summed E-state index contributed by atoms with van der Waals surface area (Å²) in [6, 6.07) is 7.42. The van der Waals surface area contributed by atoms with Gasteiger partial charge < -0.3 is 9.64 Å². The predicted octanol–water partition coefficient (Wildman–Crippen LogP) is 1.76. The van der Waals surface area contributed by atoms with Crippen molar-refractivity contribution in [3.63, 3.8) is 0 Å². The van der Waals surface area contributed by atoms with Crippen LogP contribution in [0.5, 0.6) is 0 Å². The second kappa shape index (κ2) is 6.78. The summed E-state index contributed by atoms with van der Waals surface area (Å²) < 4.78 is 5.39. The number of pyridine rings is 1. The fraction of sp³-hybridized carbons (Fsp3) is 0.278. The van der Waals surface area contributed by atoms with Gasteiger partial charge in [-0.25, -0.2) is 0 Å². The molecule has 6 nitrogen and oxygen atoms in total. The van der Waals surface area contributed by atoms with Crippen molar-refractivity contribution in [2.24, 2.45) is 0 Å². The summed E-state index contributed by atoms with van der Waals surface area (Å²) in [5.74, 6) is -0.460. The van der Waals surface area contributed by atoms with Gasteiger partial charge in [0.2, 0.25) is 0 Å². The zero-order valence-electron chi connectivity index (χ0n) is 13.6. The van der Waals surface area contributed by atoms with Crippen LogP contribution < -0.4 is 0 Å². The molecule has 7 heteroatoms. The highest BCUT2D eigenvalue weighted by molar-refractivity contribution is 7.11. The summed E-state index contributed by atoms with van der Waals surface area (Å²) in [5, 5.41) is 1.92. The van der Waals surface area contributed by atoms with E-state index in [0.29, 0.717) is 37.6 Å². The quantitative estimate of drug-likeness (QED) is 0.782. The molecule has 2 aliphatic heterocycles. The maximum atomic E-state index is 13.1. The Morgan fingerprint density at radius 3 is 2.52 bits per heavy atom. The molecule has 2 amide bonds. The van der Waals surface area contributed by atoms with E-state index in [2.05, 4.69) is 4.98 Å². The molecule has 1 fully saturated rings. The van der Waals surface area contributed by atoms with Gasteiger partial charge >= 0.3 is 0 Å². The average Bonchev–Trinajstić information content (AvgIpc) is 3.26. The van der Waals surface area contributed by atoms with E-state index in [1.54, 1.807) is 12.4 Å². The minimum absolute atomic E-state index is 0.230. The molecule has 0 aromatic carbocycles. The fourth-order valence-electron chi connectivity index (χ4n) is 3.10. The van der Waals surface area contributed by atoms with Gasteiger partial charge in [-0.1, -0.05) is 6.07 Å². The highest BCUT2D eigenvalue weighted by Gasteiger charge is 2.42. The van der Waals surface area contributed by atoms with Gasteiger partial charge in [-0.3, -0.25) is 19.5 Å². The third-order valence-electron chi connectivity index (χ3n) is 4.33. The standard InChI is InChI=1S/C18H17N3O3S/c22-17-15(14-2-1-11-25-14)16(20-7-9-24-10-8-20)18(23)21(17)12-13-3-5-19-6-4-13/h1-6,11H,7-10,12H2. The van der Waals surface area contributed by atoms with E-state index in [0.717, 1.165) is 10.4 Å². The van der Waals surface area contributed by atoms with Crippen molar-refractivity contribution in [2.75, 3.05) is 26.3 Å². The average molecular weight is 355 g/mol. The van der Waals surface area contributed by atoms with E-state index >= 15 is 0 Å². The van der Waals surface area contributed by atoms with Gasteiger partial charge in [0.25, 0.3) is 11.8 Å². The topological polar surface area (TPSA) is 62.7 Å². The second-order valence-electron chi connectivity index (χ2n) is 5.85. The number of morpholine rings is 1. The molecule has 0 spiro atoms. The Balaban J connectivity index is 1.71. The van der Waals surface area contributed by atoms with Crippen LogP contribution in [0.4, 0.5) is 0 Å². The van der Waals surface area contributed by atoms with Crippen molar-refractivity contribution in [3.8, 4) is 0 Å². The highest BCUT2D eigenvalue weighted by Crippen LogP contribution is 2.34. The largest absolute Gasteiger partial charge is 0.378 e. The number of rotatable bonds is 4. The molecule has 2 aromatic rings. The first-order valence-electron chi connectivity index (χ1n) is 8.11. The number of amides is 2. The molecule has 2 aromatic heterocycles. The van der Waals surface area contributed by atoms with Gasteiger partial charge in [-0.05, 0) is 29.1 Å². The number of hydrogen-bond donors (Lipinski definition) is 0. The maximum Gasteiger partial charge on any atom is 0.278 e. The Morgan fingerprint density at radius 1 is 1.08 bits per heavy atom. The zero-order chi connectivity index (χ0) is 17.2. The van der Waals surface area contributed by atoms with Gasteiger partial charge in [0, 0.05) is 30.4 Å². The van der Waals surface area contributed by atoms with Crippen LogP contribution >= 0.6 is 11.3 Å². The number of ether oxygens (including phenoxy) is 1. The molecule has 0 atom stereocenters. The van der Waals surface area contributed by atoms with E-state index in [9.17, 15) is 9.59 Å². The number of thiophene rings is 1. The molecule has 2 aliphatic rings. The molecular weight excluding hydrogens is 338 g/mol. The summed E-state index contributed by atoms with van der Waals surface area (Å²) in [4.78, 5) is 34.3. The van der Waals surface area contributed by atoms with Crippen molar-refractivity contribution in [1.82, 2.24) is 14.8 Å². The monoisotopic (exact) mass is 355 g/mol. The Morgan fingerprint density at radius 2 is 1.84 bits per heavy atom. The molecule has 1 saturated heterocycles. The van der Waals surface area contributed by atoms with Crippen molar-refractivity contribution >= 4 is 28.7 Å². The summed E-state index contributed by atoms with van der Waals surface area (Å²) in [7, 11) is 0. The molecule has 4 heterocycles. The molecule has 0 saturated carbocycles. The molecule has 0 unspecified atom stereocenters. The number of carbonyl (C=O) groups is 2. The van der Waals surface area contributed by atoms with E-state index in [-0.39, 0.29) is 18.4 Å². The van der Waals surface area contributed by atoms with Crippen molar-refractivity contribution < 1.29 is 14.3 Å². The normalized spacial score (nSPS) is 18.4. The predicted molar refractivity (Wildman–Crippen MR) is 93.4 cm³/mol. The first-order valence-corrected chi connectivity index (χ1v) is 8.99. The summed E-state index contributed by atoms with van der Waals surface area (Å²) >= 11 is 1.48. The third-order valence-corrected chi connectivity index (χ3v) is 5.22. The minimum Gasteiger partial charge on any atom is -0.378 e.